The summed E-state index contributed by atoms with van der Waals surface area (Å²) in [5.41, 5.74) is -0.274. The highest BCUT2D eigenvalue weighted by Gasteiger charge is 2.24. The van der Waals surface area contributed by atoms with E-state index in [2.05, 4.69) is 20.4 Å². The summed E-state index contributed by atoms with van der Waals surface area (Å²) >= 11 is 0. The van der Waals surface area contributed by atoms with E-state index in [0.29, 0.717) is 5.82 Å². The lowest BCUT2D eigenvalue weighted by Crippen LogP contribution is -2.44. The first kappa shape index (κ1) is 14.1. The maximum atomic E-state index is 13.7. The maximum absolute atomic E-state index is 13.7. The lowest BCUT2D eigenvalue weighted by molar-refractivity contribution is 0.176. The molecule has 1 fully saturated rings. The van der Waals surface area contributed by atoms with Gasteiger partial charge in [-0.1, -0.05) is 11.2 Å². The molecule has 1 aliphatic rings. The Hall–Kier alpha value is -1.86. The van der Waals surface area contributed by atoms with E-state index in [4.69, 9.17) is 4.52 Å². The van der Waals surface area contributed by atoms with Gasteiger partial charge in [-0.25, -0.2) is 8.78 Å². The van der Waals surface area contributed by atoms with Gasteiger partial charge < -0.3 is 9.84 Å². The summed E-state index contributed by atoms with van der Waals surface area (Å²) in [4.78, 5) is 6.35. The average Bonchev–Trinajstić information content (AvgIpc) is 2.97. The molecule has 0 saturated carbocycles. The monoisotopic (exact) mass is 294 g/mol. The Morgan fingerprint density at radius 1 is 1.24 bits per heavy atom. The second-order valence-corrected chi connectivity index (χ2v) is 5.02. The number of rotatable bonds is 3. The third-order valence-corrected chi connectivity index (χ3v) is 3.69. The standard InChI is InChI=1S/C14H16F2N4O/c1-9(20-7-5-17-6-8-20)13-18-14(21-19-13)12-10(15)3-2-4-11(12)16/h2-4,9,17H,5-8H2,1H3. The minimum atomic E-state index is -0.708. The molecule has 3 rings (SSSR count). The highest BCUT2D eigenvalue weighted by molar-refractivity contribution is 5.54. The van der Waals surface area contributed by atoms with Crippen LogP contribution in [0.15, 0.2) is 22.7 Å². The summed E-state index contributed by atoms with van der Waals surface area (Å²) in [5.74, 6) is -1.10. The van der Waals surface area contributed by atoms with Crippen molar-refractivity contribution in [2.24, 2.45) is 0 Å². The fourth-order valence-corrected chi connectivity index (χ4v) is 2.44. The van der Waals surface area contributed by atoms with Crippen molar-refractivity contribution in [3.63, 3.8) is 0 Å². The lowest BCUT2D eigenvalue weighted by atomic mass is 10.2. The Kier molecular flexibility index (Phi) is 3.94. The largest absolute Gasteiger partial charge is 0.334 e. The van der Waals surface area contributed by atoms with E-state index in [1.54, 1.807) is 0 Å². The first-order chi connectivity index (χ1) is 10.2. The van der Waals surface area contributed by atoms with Crippen molar-refractivity contribution < 1.29 is 13.3 Å². The number of hydrogen-bond acceptors (Lipinski definition) is 5. The van der Waals surface area contributed by atoms with Crippen molar-refractivity contribution in [3.05, 3.63) is 35.7 Å². The summed E-state index contributed by atoms with van der Waals surface area (Å²) in [6.07, 6.45) is 0. The molecule has 1 N–H and O–H groups in total. The molecular weight excluding hydrogens is 278 g/mol. The molecule has 0 spiro atoms. The molecule has 1 saturated heterocycles. The second kappa shape index (κ2) is 5.87. The molecule has 1 aromatic heterocycles. The van der Waals surface area contributed by atoms with Gasteiger partial charge in [0.2, 0.25) is 0 Å². The maximum Gasteiger partial charge on any atom is 0.263 e. The van der Waals surface area contributed by atoms with Crippen molar-refractivity contribution in [2.75, 3.05) is 26.2 Å². The Labute approximate surface area is 120 Å². The van der Waals surface area contributed by atoms with Gasteiger partial charge in [0.15, 0.2) is 5.82 Å². The number of nitrogens with zero attached hydrogens (tertiary/aromatic N) is 3. The van der Waals surface area contributed by atoms with Crippen molar-refractivity contribution in [1.29, 1.82) is 0 Å². The van der Waals surface area contributed by atoms with E-state index in [1.165, 1.54) is 18.2 Å². The Balaban J connectivity index is 1.86. The quantitative estimate of drug-likeness (QED) is 0.938. The average molecular weight is 294 g/mol. The summed E-state index contributed by atoms with van der Waals surface area (Å²) in [6, 6.07) is 3.58. The van der Waals surface area contributed by atoms with Gasteiger partial charge in [-0.15, -0.1) is 0 Å². The molecule has 7 heteroatoms. The van der Waals surface area contributed by atoms with Crippen LogP contribution >= 0.6 is 0 Å². The van der Waals surface area contributed by atoms with E-state index < -0.39 is 11.6 Å². The molecule has 1 unspecified atom stereocenters. The molecule has 112 valence electrons. The first-order valence-corrected chi connectivity index (χ1v) is 6.89. The minimum Gasteiger partial charge on any atom is -0.334 e. The van der Waals surface area contributed by atoms with Gasteiger partial charge in [0.25, 0.3) is 5.89 Å². The van der Waals surface area contributed by atoms with Crippen molar-refractivity contribution >= 4 is 0 Å². The molecular formula is C14H16F2N4O. The van der Waals surface area contributed by atoms with Crippen LogP contribution in [-0.2, 0) is 0 Å². The topological polar surface area (TPSA) is 54.2 Å². The van der Waals surface area contributed by atoms with Gasteiger partial charge in [0.05, 0.1) is 6.04 Å². The van der Waals surface area contributed by atoms with Crippen molar-refractivity contribution in [2.45, 2.75) is 13.0 Å². The van der Waals surface area contributed by atoms with Crippen molar-refractivity contribution in [1.82, 2.24) is 20.4 Å². The third-order valence-electron chi connectivity index (χ3n) is 3.69. The molecule has 0 aliphatic carbocycles. The Bertz CT molecular complexity index is 605. The van der Waals surface area contributed by atoms with Gasteiger partial charge >= 0.3 is 0 Å². The zero-order valence-corrected chi connectivity index (χ0v) is 11.6. The minimum absolute atomic E-state index is 0.0561. The molecule has 5 nitrogen and oxygen atoms in total. The zero-order chi connectivity index (χ0) is 14.8. The van der Waals surface area contributed by atoms with Gasteiger partial charge in [0, 0.05) is 26.2 Å². The van der Waals surface area contributed by atoms with Crippen LogP contribution in [0.3, 0.4) is 0 Å². The van der Waals surface area contributed by atoms with Crippen molar-refractivity contribution in [3.8, 4) is 11.5 Å². The van der Waals surface area contributed by atoms with Gasteiger partial charge in [-0.2, -0.15) is 4.98 Å². The van der Waals surface area contributed by atoms with Crippen LogP contribution in [0.1, 0.15) is 18.8 Å². The third kappa shape index (κ3) is 2.79. The molecule has 1 aromatic carbocycles. The van der Waals surface area contributed by atoms with Gasteiger partial charge in [0.1, 0.15) is 17.2 Å². The Morgan fingerprint density at radius 2 is 1.90 bits per heavy atom. The molecule has 0 radical (unpaired) electrons. The predicted molar refractivity (Wildman–Crippen MR) is 72.5 cm³/mol. The number of aromatic nitrogens is 2. The smallest absolute Gasteiger partial charge is 0.263 e. The van der Waals surface area contributed by atoms with Crippen LogP contribution in [0.5, 0.6) is 0 Å². The Morgan fingerprint density at radius 3 is 2.57 bits per heavy atom. The zero-order valence-electron chi connectivity index (χ0n) is 11.6. The fraction of sp³-hybridized carbons (Fsp3) is 0.429. The number of hydrogen-bond donors (Lipinski definition) is 1. The molecule has 2 heterocycles. The molecule has 21 heavy (non-hydrogen) atoms. The molecule has 0 amide bonds. The highest BCUT2D eigenvalue weighted by Crippen LogP contribution is 2.26. The van der Waals surface area contributed by atoms with Crippen LogP contribution < -0.4 is 5.32 Å². The van der Waals surface area contributed by atoms with Crippen LogP contribution in [-0.4, -0.2) is 41.2 Å². The lowest BCUT2D eigenvalue weighted by Gasteiger charge is -2.30. The number of benzene rings is 1. The summed E-state index contributed by atoms with van der Waals surface area (Å²) in [6.45, 7) is 5.50. The van der Waals surface area contributed by atoms with E-state index in [1.807, 2.05) is 6.92 Å². The summed E-state index contributed by atoms with van der Waals surface area (Å²) in [5, 5.41) is 7.13. The second-order valence-electron chi connectivity index (χ2n) is 5.02. The van der Waals surface area contributed by atoms with Crippen LogP contribution in [0.4, 0.5) is 8.78 Å². The normalized spacial score (nSPS) is 17.9. The van der Waals surface area contributed by atoms with E-state index in [-0.39, 0.29) is 17.5 Å². The molecule has 0 bridgehead atoms. The van der Waals surface area contributed by atoms with Crippen LogP contribution in [0, 0.1) is 11.6 Å². The number of piperazine rings is 1. The summed E-state index contributed by atoms with van der Waals surface area (Å²) in [7, 11) is 0. The predicted octanol–water partition coefficient (Wildman–Crippen LogP) is 1.98. The number of nitrogens with one attached hydrogen (secondary N) is 1. The van der Waals surface area contributed by atoms with Crippen LogP contribution in [0.25, 0.3) is 11.5 Å². The van der Waals surface area contributed by atoms with E-state index in [9.17, 15) is 8.78 Å². The van der Waals surface area contributed by atoms with Gasteiger partial charge in [-0.05, 0) is 19.1 Å². The molecule has 1 aliphatic heterocycles. The summed E-state index contributed by atoms with van der Waals surface area (Å²) < 4.78 is 32.5. The van der Waals surface area contributed by atoms with Gasteiger partial charge in [-0.3, -0.25) is 4.90 Å². The SMILES string of the molecule is CC(c1noc(-c2c(F)cccc2F)n1)N1CCNCC1. The highest BCUT2D eigenvalue weighted by atomic mass is 19.1. The fourth-order valence-electron chi connectivity index (χ4n) is 2.44. The number of halogens is 2. The molecule has 1 atom stereocenters. The molecule has 2 aromatic rings. The van der Waals surface area contributed by atoms with Crippen LogP contribution in [0.2, 0.25) is 0 Å². The first-order valence-electron chi connectivity index (χ1n) is 6.89. The van der Waals surface area contributed by atoms with E-state index >= 15 is 0 Å². The van der Waals surface area contributed by atoms with E-state index in [0.717, 1.165) is 26.2 Å².